The standard InChI is InChI=1S/C12H15N5O3/c13-11-7-4-16-17(12(7)15-5-14-11)8-3-6(1-2-18)9(19)10(8)20/h3-5,8-10,18-20H,1-2H2,(H2,13,14,15)/t8-,9-,10+/m1/s1. The Labute approximate surface area is 114 Å². The number of rotatable bonds is 3. The van der Waals surface area contributed by atoms with Crippen molar-refractivity contribution < 1.29 is 15.3 Å². The highest BCUT2D eigenvalue weighted by Gasteiger charge is 2.36. The van der Waals surface area contributed by atoms with E-state index in [1.54, 1.807) is 6.08 Å². The van der Waals surface area contributed by atoms with Crippen LogP contribution in [-0.2, 0) is 0 Å². The number of aliphatic hydroxyl groups excluding tert-OH is 3. The van der Waals surface area contributed by atoms with E-state index in [2.05, 4.69) is 15.1 Å². The maximum atomic E-state index is 10.1. The first-order chi connectivity index (χ1) is 9.63. The van der Waals surface area contributed by atoms with Gasteiger partial charge in [-0.25, -0.2) is 14.6 Å². The maximum absolute atomic E-state index is 10.1. The van der Waals surface area contributed by atoms with Gasteiger partial charge in [0.2, 0.25) is 0 Å². The van der Waals surface area contributed by atoms with Crippen molar-refractivity contribution in [2.45, 2.75) is 24.7 Å². The number of nitrogens with zero attached hydrogens (tertiary/aromatic N) is 4. The number of hydrogen-bond donors (Lipinski definition) is 4. The van der Waals surface area contributed by atoms with Gasteiger partial charge in [-0.3, -0.25) is 0 Å². The predicted molar refractivity (Wildman–Crippen MR) is 70.6 cm³/mol. The fourth-order valence-electron chi connectivity index (χ4n) is 2.50. The highest BCUT2D eigenvalue weighted by molar-refractivity contribution is 5.84. The van der Waals surface area contributed by atoms with Crippen molar-refractivity contribution >= 4 is 16.9 Å². The van der Waals surface area contributed by atoms with Crippen molar-refractivity contribution in [3.8, 4) is 0 Å². The molecule has 5 N–H and O–H groups in total. The maximum Gasteiger partial charge on any atom is 0.163 e. The molecule has 0 amide bonds. The lowest BCUT2D eigenvalue weighted by Gasteiger charge is -2.18. The first-order valence-electron chi connectivity index (χ1n) is 6.24. The minimum Gasteiger partial charge on any atom is -0.396 e. The molecule has 0 bridgehead atoms. The molecular formula is C12H15N5O3. The number of nitrogens with two attached hydrogens (primary N) is 1. The number of nitrogen functional groups attached to an aromatic ring is 1. The molecule has 0 aliphatic heterocycles. The van der Waals surface area contributed by atoms with Crippen molar-refractivity contribution in [1.82, 2.24) is 19.7 Å². The van der Waals surface area contributed by atoms with Gasteiger partial charge in [-0.1, -0.05) is 6.08 Å². The molecule has 0 saturated heterocycles. The van der Waals surface area contributed by atoms with Crippen molar-refractivity contribution in [2.75, 3.05) is 12.3 Å². The largest absolute Gasteiger partial charge is 0.396 e. The van der Waals surface area contributed by atoms with Crippen LogP contribution < -0.4 is 5.73 Å². The third-order valence-electron chi connectivity index (χ3n) is 3.54. The molecule has 20 heavy (non-hydrogen) atoms. The SMILES string of the molecule is Nc1ncnc2c1cnn2[C@@H]1C=C(CCO)[C@@H](O)[C@H]1O. The molecule has 0 aromatic carbocycles. The Morgan fingerprint density at radius 2 is 2.10 bits per heavy atom. The van der Waals surface area contributed by atoms with Gasteiger partial charge < -0.3 is 21.1 Å². The lowest BCUT2D eigenvalue weighted by atomic mass is 10.1. The van der Waals surface area contributed by atoms with Crippen LogP contribution in [0.5, 0.6) is 0 Å². The Kier molecular flexibility index (Phi) is 3.13. The molecule has 1 aliphatic carbocycles. The fourth-order valence-corrected chi connectivity index (χ4v) is 2.50. The van der Waals surface area contributed by atoms with Crippen LogP contribution in [0.1, 0.15) is 12.5 Å². The number of fused-ring (bicyclic) bond motifs is 1. The highest BCUT2D eigenvalue weighted by Crippen LogP contribution is 2.32. The van der Waals surface area contributed by atoms with E-state index in [1.165, 1.54) is 17.2 Å². The minimum absolute atomic E-state index is 0.0860. The van der Waals surface area contributed by atoms with Crippen LogP contribution in [0.2, 0.25) is 0 Å². The Morgan fingerprint density at radius 3 is 2.85 bits per heavy atom. The lowest BCUT2D eigenvalue weighted by Crippen LogP contribution is -2.30. The monoisotopic (exact) mass is 277 g/mol. The molecule has 8 nitrogen and oxygen atoms in total. The molecule has 0 radical (unpaired) electrons. The number of aliphatic hydroxyl groups is 3. The third kappa shape index (κ3) is 1.85. The smallest absolute Gasteiger partial charge is 0.163 e. The zero-order valence-electron chi connectivity index (χ0n) is 10.6. The van der Waals surface area contributed by atoms with E-state index >= 15 is 0 Å². The average Bonchev–Trinajstić information content (AvgIpc) is 2.97. The second-order valence-electron chi connectivity index (χ2n) is 4.73. The Hall–Kier alpha value is -2.03. The molecule has 0 saturated carbocycles. The van der Waals surface area contributed by atoms with Gasteiger partial charge in [-0.2, -0.15) is 5.10 Å². The van der Waals surface area contributed by atoms with Crippen LogP contribution in [0.25, 0.3) is 11.0 Å². The first-order valence-corrected chi connectivity index (χ1v) is 6.24. The van der Waals surface area contributed by atoms with Crippen molar-refractivity contribution in [3.05, 3.63) is 24.2 Å². The van der Waals surface area contributed by atoms with Gasteiger partial charge in [0.25, 0.3) is 0 Å². The molecule has 106 valence electrons. The van der Waals surface area contributed by atoms with E-state index in [1.807, 2.05) is 0 Å². The van der Waals surface area contributed by atoms with Crippen molar-refractivity contribution in [1.29, 1.82) is 0 Å². The Morgan fingerprint density at radius 1 is 1.30 bits per heavy atom. The molecule has 1 aliphatic rings. The van der Waals surface area contributed by atoms with Gasteiger partial charge in [0.05, 0.1) is 11.6 Å². The zero-order valence-corrected chi connectivity index (χ0v) is 10.6. The first kappa shape index (κ1) is 13.0. The van der Waals surface area contributed by atoms with Crippen LogP contribution in [0.3, 0.4) is 0 Å². The van der Waals surface area contributed by atoms with Crippen molar-refractivity contribution in [2.24, 2.45) is 0 Å². The molecule has 0 spiro atoms. The number of hydrogen-bond acceptors (Lipinski definition) is 7. The predicted octanol–water partition coefficient (Wildman–Crippen LogP) is -1.01. The molecule has 8 heteroatoms. The lowest BCUT2D eigenvalue weighted by molar-refractivity contribution is 0.0283. The zero-order chi connectivity index (χ0) is 14.3. The van der Waals surface area contributed by atoms with Crippen LogP contribution >= 0.6 is 0 Å². The normalized spacial score (nSPS) is 26.1. The van der Waals surface area contributed by atoms with Gasteiger partial charge in [0.1, 0.15) is 30.4 Å². The summed E-state index contributed by atoms with van der Waals surface area (Å²) >= 11 is 0. The number of anilines is 1. The van der Waals surface area contributed by atoms with Crippen LogP contribution in [0, 0.1) is 0 Å². The van der Waals surface area contributed by atoms with Gasteiger partial charge in [0.15, 0.2) is 5.65 Å². The molecular weight excluding hydrogens is 262 g/mol. The van der Waals surface area contributed by atoms with Crippen LogP contribution in [0.4, 0.5) is 5.82 Å². The molecule has 0 unspecified atom stereocenters. The van der Waals surface area contributed by atoms with Crippen LogP contribution in [0.15, 0.2) is 24.2 Å². The summed E-state index contributed by atoms with van der Waals surface area (Å²) in [7, 11) is 0. The second-order valence-corrected chi connectivity index (χ2v) is 4.73. The highest BCUT2D eigenvalue weighted by atomic mass is 16.3. The van der Waals surface area contributed by atoms with E-state index in [4.69, 9.17) is 10.8 Å². The van der Waals surface area contributed by atoms with Gasteiger partial charge in [-0.15, -0.1) is 0 Å². The molecule has 2 aromatic heterocycles. The van der Waals surface area contributed by atoms with E-state index in [9.17, 15) is 10.2 Å². The topological polar surface area (TPSA) is 130 Å². The van der Waals surface area contributed by atoms with Gasteiger partial charge >= 0.3 is 0 Å². The molecule has 2 aromatic rings. The summed E-state index contributed by atoms with van der Waals surface area (Å²) in [6.45, 7) is -0.0860. The quantitative estimate of drug-likeness (QED) is 0.529. The summed E-state index contributed by atoms with van der Waals surface area (Å²) in [6.07, 6.45) is 2.83. The van der Waals surface area contributed by atoms with E-state index in [0.29, 0.717) is 28.8 Å². The van der Waals surface area contributed by atoms with Crippen LogP contribution in [-0.4, -0.2) is 53.9 Å². The summed E-state index contributed by atoms with van der Waals surface area (Å²) in [5.74, 6) is 0.314. The second kappa shape index (κ2) is 4.82. The fraction of sp³-hybridized carbons (Fsp3) is 0.417. The Balaban J connectivity index is 2.05. The summed E-state index contributed by atoms with van der Waals surface area (Å²) in [5.41, 5.74) is 6.83. The average molecular weight is 277 g/mol. The summed E-state index contributed by atoms with van der Waals surface area (Å²) in [5, 5.41) is 33.8. The van der Waals surface area contributed by atoms with E-state index in [-0.39, 0.29) is 6.61 Å². The van der Waals surface area contributed by atoms with Crippen molar-refractivity contribution in [3.63, 3.8) is 0 Å². The summed E-state index contributed by atoms with van der Waals surface area (Å²) in [6, 6.07) is -0.543. The van der Waals surface area contributed by atoms with E-state index < -0.39 is 18.2 Å². The summed E-state index contributed by atoms with van der Waals surface area (Å²) < 4.78 is 1.51. The molecule has 3 atom stereocenters. The molecule has 0 fully saturated rings. The number of aromatic nitrogens is 4. The Bertz CT molecular complexity index is 668. The minimum atomic E-state index is -1.03. The van der Waals surface area contributed by atoms with Gasteiger partial charge in [-0.05, 0) is 12.0 Å². The van der Waals surface area contributed by atoms with Gasteiger partial charge in [0, 0.05) is 6.61 Å². The molecule has 2 heterocycles. The summed E-state index contributed by atoms with van der Waals surface area (Å²) in [4.78, 5) is 7.99. The molecule has 3 rings (SSSR count). The van der Waals surface area contributed by atoms with E-state index in [0.717, 1.165) is 0 Å². The third-order valence-corrected chi connectivity index (χ3v) is 3.54.